The van der Waals surface area contributed by atoms with Gasteiger partial charge >= 0.3 is 0 Å². The highest BCUT2D eigenvalue weighted by Crippen LogP contribution is 2.32. The maximum Gasteiger partial charge on any atom is 0.167 e. The third-order valence-corrected chi connectivity index (χ3v) is 3.01. The molecule has 1 N–H and O–H groups in total. The van der Waals surface area contributed by atoms with Crippen LogP contribution in [0.25, 0.3) is 0 Å². The van der Waals surface area contributed by atoms with Crippen molar-refractivity contribution in [2.75, 3.05) is 0 Å². The first-order chi connectivity index (χ1) is 9.51. The van der Waals surface area contributed by atoms with Crippen molar-refractivity contribution in [2.24, 2.45) is 0 Å². The van der Waals surface area contributed by atoms with E-state index in [1.807, 2.05) is 6.07 Å². The van der Waals surface area contributed by atoms with Gasteiger partial charge in [-0.15, -0.1) is 0 Å². The molecule has 0 bridgehead atoms. The monoisotopic (exact) mass is 291 g/mol. The summed E-state index contributed by atoms with van der Waals surface area (Å²) in [6.07, 6.45) is -0.645. The van der Waals surface area contributed by atoms with Crippen LogP contribution >= 0.6 is 11.6 Å². The number of aliphatic hydroxyl groups excluding tert-OH is 1. The molecule has 102 valence electrons. The quantitative estimate of drug-likeness (QED) is 0.922. The molecular formula is C15H11ClFNO2. The van der Waals surface area contributed by atoms with E-state index in [0.29, 0.717) is 5.56 Å². The molecule has 2 aromatic rings. The lowest BCUT2D eigenvalue weighted by molar-refractivity contribution is 0.199. The van der Waals surface area contributed by atoms with Gasteiger partial charge in [-0.1, -0.05) is 17.7 Å². The molecule has 0 saturated heterocycles. The number of rotatable bonds is 3. The number of ether oxygens (including phenoxy) is 1. The van der Waals surface area contributed by atoms with Gasteiger partial charge < -0.3 is 9.84 Å². The summed E-state index contributed by atoms with van der Waals surface area (Å²) >= 11 is 6.02. The van der Waals surface area contributed by atoms with Crippen molar-refractivity contribution in [1.82, 2.24) is 0 Å². The van der Waals surface area contributed by atoms with Gasteiger partial charge in [0.15, 0.2) is 11.6 Å². The molecule has 20 heavy (non-hydrogen) atoms. The van der Waals surface area contributed by atoms with Crippen LogP contribution in [0.1, 0.15) is 24.2 Å². The molecule has 0 aromatic heterocycles. The smallest absolute Gasteiger partial charge is 0.167 e. The molecule has 2 rings (SSSR count). The molecule has 0 aliphatic rings. The zero-order chi connectivity index (χ0) is 14.7. The molecule has 3 nitrogen and oxygen atoms in total. The van der Waals surface area contributed by atoms with Gasteiger partial charge in [0, 0.05) is 0 Å². The van der Waals surface area contributed by atoms with E-state index in [2.05, 4.69) is 0 Å². The third-order valence-electron chi connectivity index (χ3n) is 2.72. The number of nitriles is 1. The van der Waals surface area contributed by atoms with E-state index in [1.165, 1.54) is 12.1 Å². The number of aliphatic hydroxyl groups is 1. The standard InChI is InChI=1S/C15H11ClFNO2/c1-9(19)11-3-5-14(12(16)7-11)20-15-4-2-10(8-18)6-13(15)17/h2-7,9,19H,1H3/t9-/m1/s1. The Kier molecular flexibility index (Phi) is 4.23. The summed E-state index contributed by atoms with van der Waals surface area (Å²) in [6.45, 7) is 1.62. The molecule has 2 aromatic carbocycles. The summed E-state index contributed by atoms with van der Waals surface area (Å²) in [4.78, 5) is 0. The molecular weight excluding hydrogens is 281 g/mol. The van der Waals surface area contributed by atoms with Crippen LogP contribution in [0.15, 0.2) is 36.4 Å². The van der Waals surface area contributed by atoms with Crippen LogP contribution in [-0.4, -0.2) is 5.11 Å². The molecule has 0 heterocycles. The fourth-order valence-electron chi connectivity index (χ4n) is 1.63. The van der Waals surface area contributed by atoms with Crippen molar-refractivity contribution in [1.29, 1.82) is 5.26 Å². The summed E-state index contributed by atoms with van der Waals surface area (Å²) in [6, 6.07) is 10.5. The fraction of sp³-hybridized carbons (Fsp3) is 0.133. The average molecular weight is 292 g/mol. The first-order valence-corrected chi connectivity index (χ1v) is 6.24. The van der Waals surface area contributed by atoms with Gasteiger partial charge in [-0.3, -0.25) is 0 Å². The van der Waals surface area contributed by atoms with Crippen LogP contribution in [0.3, 0.4) is 0 Å². The van der Waals surface area contributed by atoms with E-state index in [0.717, 1.165) is 6.07 Å². The second-order valence-electron chi connectivity index (χ2n) is 4.22. The van der Waals surface area contributed by atoms with Crippen molar-refractivity contribution in [3.05, 3.63) is 58.4 Å². The largest absolute Gasteiger partial charge is 0.453 e. The Morgan fingerprint density at radius 1 is 1.25 bits per heavy atom. The average Bonchev–Trinajstić information content (AvgIpc) is 2.42. The second kappa shape index (κ2) is 5.91. The summed E-state index contributed by atoms with van der Waals surface area (Å²) < 4.78 is 19.1. The van der Waals surface area contributed by atoms with E-state index < -0.39 is 11.9 Å². The van der Waals surface area contributed by atoms with E-state index in [-0.39, 0.29) is 22.1 Å². The molecule has 1 atom stereocenters. The summed E-state index contributed by atoms with van der Waals surface area (Å²) in [7, 11) is 0. The van der Waals surface area contributed by atoms with Crippen LogP contribution in [0.4, 0.5) is 4.39 Å². The van der Waals surface area contributed by atoms with E-state index in [9.17, 15) is 9.50 Å². The molecule has 0 aliphatic carbocycles. The molecule has 0 saturated carbocycles. The maximum atomic E-state index is 13.7. The Labute approximate surface area is 120 Å². The van der Waals surface area contributed by atoms with Gasteiger partial charge in [0.1, 0.15) is 5.75 Å². The van der Waals surface area contributed by atoms with Crippen molar-refractivity contribution in [2.45, 2.75) is 13.0 Å². The third kappa shape index (κ3) is 3.08. The minimum atomic E-state index is -0.645. The van der Waals surface area contributed by atoms with Crippen molar-refractivity contribution < 1.29 is 14.2 Å². The molecule has 0 aliphatic heterocycles. The lowest BCUT2D eigenvalue weighted by Gasteiger charge is -2.11. The highest BCUT2D eigenvalue weighted by atomic mass is 35.5. The molecule has 0 fully saturated rings. The fourth-order valence-corrected chi connectivity index (χ4v) is 1.86. The van der Waals surface area contributed by atoms with Gasteiger partial charge in [-0.05, 0) is 42.8 Å². The van der Waals surface area contributed by atoms with Gasteiger partial charge in [0.05, 0.1) is 22.8 Å². The second-order valence-corrected chi connectivity index (χ2v) is 4.63. The van der Waals surface area contributed by atoms with Gasteiger partial charge in [-0.2, -0.15) is 5.26 Å². The van der Waals surface area contributed by atoms with E-state index >= 15 is 0 Å². The molecule has 0 radical (unpaired) electrons. The van der Waals surface area contributed by atoms with Crippen molar-refractivity contribution >= 4 is 11.6 Å². The Hall–Kier alpha value is -2.09. The maximum absolute atomic E-state index is 13.7. The Balaban J connectivity index is 2.29. The van der Waals surface area contributed by atoms with Crippen LogP contribution in [-0.2, 0) is 0 Å². The van der Waals surface area contributed by atoms with Gasteiger partial charge in [-0.25, -0.2) is 4.39 Å². The highest BCUT2D eigenvalue weighted by Gasteiger charge is 2.10. The van der Waals surface area contributed by atoms with E-state index in [1.54, 1.807) is 25.1 Å². The summed E-state index contributed by atoms with van der Waals surface area (Å²) in [5, 5.41) is 18.4. The molecule has 0 spiro atoms. The van der Waals surface area contributed by atoms with Crippen LogP contribution in [0.5, 0.6) is 11.5 Å². The molecule has 0 unspecified atom stereocenters. The summed E-state index contributed by atoms with van der Waals surface area (Å²) in [5.41, 5.74) is 0.855. The minimum absolute atomic E-state index is 0.0179. The Morgan fingerprint density at radius 2 is 1.95 bits per heavy atom. The van der Waals surface area contributed by atoms with Crippen LogP contribution in [0, 0.1) is 17.1 Å². The number of hydrogen-bond acceptors (Lipinski definition) is 3. The lowest BCUT2D eigenvalue weighted by Crippen LogP contribution is -1.93. The van der Waals surface area contributed by atoms with Gasteiger partial charge in [0.25, 0.3) is 0 Å². The SMILES string of the molecule is C[C@@H](O)c1ccc(Oc2ccc(C#N)cc2F)c(Cl)c1. The zero-order valence-electron chi connectivity index (χ0n) is 10.6. The predicted molar refractivity (Wildman–Crippen MR) is 73.3 cm³/mol. The number of benzene rings is 2. The van der Waals surface area contributed by atoms with Crippen molar-refractivity contribution in [3.63, 3.8) is 0 Å². The Bertz CT molecular complexity index is 680. The van der Waals surface area contributed by atoms with Crippen LogP contribution < -0.4 is 4.74 Å². The minimum Gasteiger partial charge on any atom is -0.453 e. The summed E-state index contributed by atoms with van der Waals surface area (Å²) in [5.74, 6) is -0.380. The lowest BCUT2D eigenvalue weighted by atomic mass is 10.1. The van der Waals surface area contributed by atoms with Crippen LogP contribution in [0.2, 0.25) is 5.02 Å². The number of nitrogens with zero attached hydrogens (tertiary/aromatic N) is 1. The topological polar surface area (TPSA) is 53.2 Å². The molecule has 0 amide bonds. The van der Waals surface area contributed by atoms with Gasteiger partial charge in [0.2, 0.25) is 0 Å². The zero-order valence-corrected chi connectivity index (χ0v) is 11.4. The number of halogens is 2. The molecule has 5 heteroatoms. The number of hydrogen-bond donors (Lipinski definition) is 1. The normalized spacial score (nSPS) is 11.8. The Morgan fingerprint density at radius 3 is 2.50 bits per heavy atom. The predicted octanol–water partition coefficient (Wildman–Crippen LogP) is 4.20. The van der Waals surface area contributed by atoms with Crippen molar-refractivity contribution in [3.8, 4) is 17.6 Å². The van der Waals surface area contributed by atoms with E-state index in [4.69, 9.17) is 21.6 Å². The first kappa shape index (κ1) is 14.3. The first-order valence-electron chi connectivity index (χ1n) is 5.86. The highest BCUT2D eigenvalue weighted by molar-refractivity contribution is 6.32.